The first-order chi connectivity index (χ1) is 9.63. The highest BCUT2D eigenvalue weighted by Gasteiger charge is 2.24. The predicted octanol–water partition coefficient (Wildman–Crippen LogP) is 3.30. The van der Waals surface area contributed by atoms with Crippen molar-refractivity contribution in [1.82, 2.24) is 20.1 Å². The van der Waals surface area contributed by atoms with Crippen LogP contribution < -0.4 is 5.32 Å². The highest BCUT2D eigenvalue weighted by molar-refractivity contribution is 4.94. The SMILES string of the molecule is CCn1c(C)nnc1CNC(C)C(C)C1CCCCC1. The van der Waals surface area contributed by atoms with E-state index in [0.717, 1.165) is 36.6 Å². The number of aryl methyl sites for hydroxylation is 1. The number of aromatic nitrogens is 3. The molecule has 1 saturated carbocycles. The van der Waals surface area contributed by atoms with Crippen molar-refractivity contribution in [3.8, 4) is 0 Å². The number of hydrogen-bond donors (Lipinski definition) is 1. The van der Waals surface area contributed by atoms with Gasteiger partial charge in [-0.15, -0.1) is 10.2 Å². The van der Waals surface area contributed by atoms with Crippen LogP contribution in [-0.2, 0) is 13.1 Å². The van der Waals surface area contributed by atoms with Crippen LogP contribution in [0.4, 0.5) is 0 Å². The van der Waals surface area contributed by atoms with Crippen LogP contribution in [0.25, 0.3) is 0 Å². The average molecular weight is 278 g/mol. The van der Waals surface area contributed by atoms with Crippen molar-refractivity contribution in [2.45, 2.75) is 78.9 Å². The minimum atomic E-state index is 0.542. The highest BCUT2D eigenvalue weighted by atomic mass is 15.3. The standard InChI is InChI=1S/C16H30N4/c1-5-20-14(4)18-19-16(20)11-17-13(3)12(2)15-9-7-6-8-10-15/h12-13,15,17H,5-11H2,1-4H3. The van der Waals surface area contributed by atoms with Crippen molar-refractivity contribution in [2.75, 3.05) is 0 Å². The summed E-state index contributed by atoms with van der Waals surface area (Å²) in [5, 5.41) is 12.1. The zero-order valence-corrected chi connectivity index (χ0v) is 13.5. The molecule has 4 nitrogen and oxygen atoms in total. The van der Waals surface area contributed by atoms with Crippen molar-refractivity contribution in [1.29, 1.82) is 0 Å². The van der Waals surface area contributed by atoms with Gasteiger partial charge in [0.1, 0.15) is 11.6 Å². The molecule has 1 aromatic heterocycles. The Labute approximate surface area is 123 Å². The molecule has 0 radical (unpaired) electrons. The lowest BCUT2D eigenvalue weighted by molar-refractivity contribution is 0.217. The Morgan fingerprint density at radius 3 is 2.55 bits per heavy atom. The minimum absolute atomic E-state index is 0.542. The van der Waals surface area contributed by atoms with E-state index < -0.39 is 0 Å². The van der Waals surface area contributed by atoms with Gasteiger partial charge in [0.15, 0.2) is 0 Å². The van der Waals surface area contributed by atoms with Gasteiger partial charge < -0.3 is 9.88 Å². The summed E-state index contributed by atoms with van der Waals surface area (Å²) in [7, 11) is 0. The van der Waals surface area contributed by atoms with Crippen LogP contribution in [0.1, 0.15) is 64.5 Å². The minimum Gasteiger partial charge on any atom is -0.314 e. The maximum atomic E-state index is 4.28. The third-order valence-corrected chi connectivity index (χ3v) is 5.09. The number of nitrogens with zero attached hydrogens (tertiary/aromatic N) is 3. The van der Waals surface area contributed by atoms with Gasteiger partial charge in [0.05, 0.1) is 6.54 Å². The molecule has 0 amide bonds. The molecule has 1 aliphatic rings. The second-order valence-electron chi connectivity index (χ2n) is 6.33. The largest absolute Gasteiger partial charge is 0.314 e. The first-order valence-electron chi connectivity index (χ1n) is 8.25. The maximum Gasteiger partial charge on any atom is 0.146 e. The molecule has 114 valence electrons. The quantitative estimate of drug-likeness (QED) is 0.868. The summed E-state index contributed by atoms with van der Waals surface area (Å²) in [4.78, 5) is 0. The normalized spacial score (nSPS) is 20.0. The Bertz CT molecular complexity index is 407. The van der Waals surface area contributed by atoms with Crippen LogP contribution in [0.5, 0.6) is 0 Å². The zero-order valence-electron chi connectivity index (χ0n) is 13.5. The Hall–Kier alpha value is -0.900. The summed E-state index contributed by atoms with van der Waals surface area (Å²) in [6.07, 6.45) is 7.11. The van der Waals surface area contributed by atoms with Gasteiger partial charge >= 0.3 is 0 Å². The van der Waals surface area contributed by atoms with Crippen molar-refractivity contribution >= 4 is 0 Å². The fraction of sp³-hybridized carbons (Fsp3) is 0.875. The second kappa shape index (κ2) is 7.21. The lowest BCUT2D eigenvalue weighted by Gasteiger charge is -2.32. The topological polar surface area (TPSA) is 42.7 Å². The zero-order chi connectivity index (χ0) is 14.5. The Kier molecular flexibility index (Phi) is 5.58. The van der Waals surface area contributed by atoms with E-state index in [-0.39, 0.29) is 0 Å². The smallest absolute Gasteiger partial charge is 0.146 e. The fourth-order valence-corrected chi connectivity index (χ4v) is 3.47. The van der Waals surface area contributed by atoms with Crippen LogP contribution in [-0.4, -0.2) is 20.8 Å². The third kappa shape index (κ3) is 3.60. The van der Waals surface area contributed by atoms with E-state index in [1.54, 1.807) is 0 Å². The summed E-state index contributed by atoms with van der Waals surface area (Å²) in [5.74, 6) is 3.72. The van der Waals surface area contributed by atoms with Crippen LogP contribution in [0.15, 0.2) is 0 Å². The van der Waals surface area contributed by atoms with Gasteiger partial charge in [0, 0.05) is 12.6 Å². The lowest BCUT2D eigenvalue weighted by atomic mass is 9.78. The fourth-order valence-electron chi connectivity index (χ4n) is 3.47. The Balaban J connectivity index is 1.86. The maximum absolute atomic E-state index is 4.28. The Morgan fingerprint density at radius 1 is 1.20 bits per heavy atom. The van der Waals surface area contributed by atoms with Crippen LogP contribution in [0, 0.1) is 18.8 Å². The van der Waals surface area contributed by atoms with Crippen molar-refractivity contribution in [3.63, 3.8) is 0 Å². The van der Waals surface area contributed by atoms with E-state index in [2.05, 4.69) is 40.9 Å². The molecule has 1 N–H and O–H groups in total. The summed E-state index contributed by atoms with van der Waals surface area (Å²) < 4.78 is 2.19. The summed E-state index contributed by atoms with van der Waals surface area (Å²) in [6.45, 7) is 10.7. The van der Waals surface area contributed by atoms with Gasteiger partial charge in [-0.3, -0.25) is 0 Å². The molecule has 2 atom stereocenters. The van der Waals surface area contributed by atoms with E-state index >= 15 is 0 Å². The first kappa shape index (κ1) is 15.5. The highest BCUT2D eigenvalue weighted by Crippen LogP contribution is 2.31. The van der Waals surface area contributed by atoms with Crippen LogP contribution in [0.3, 0.4) is 0 Å². The van der Waals surface area contributed by atoms with Crippen LogP contribution >= 0.6 is 0 Å². The molecule has 1 aliphatic carbocycles. The molecule has 2 unspecified atom stereocenters. The predicted molar refractivity (Wildman–Crippen MR) is 82.5 cm³/mol. The van der Waals surface area contributed by atoms with Gasteiger partial charge in [0.25, 0.3) is 0 Å². The average Bonchev–Trinajstić information content (AvgIpc) is 2.85. The molecule has 2 rings (SSSR count). The van der Waals surface area contributed by atoms with Gasteiger partial charge in [-0.25, -0.2) is 0 Å². The van der Waals surface area contributed by atoms with Gasteiger partial charge in [-0.1, -0.05) is 39.0 Å². The van der Waals surface area contributed by atoms with Crippen molar-refractivity contribution in [3.05, 3.63) is 11.6 Å². The molecule has 20 heavy (non-hydrogen) atoms. The molecule has 4 heteroatoms. The van der Waals surface area contributed by atoms with Crippen molar-refractivity contribution < 1.29 is 0 Å². The van der Waals surface area contributed by atoms with E-state index in [4.69, 9.17) is 0 Å². The van der Waals surface area contributed by atoms with E-state index in [0.29, 0.717) is 6.04 Å². The van der Waals surface area contributed by atoms with E-state index in [1.165, 1.54) is 32.1 Å². The number of rotatable bonds is 6. The molecule has 1 heterocycles. The van der Waals surface area contributed by atoms with Crippen molar-refractivity contribution in [2.24, 2.45) is 11.8 Å². The van der Waals surface area contributed by atoms with Gasteiger partial charge in [0.2, 0.25) is 0 Å². The molecule has 0 spiro atoms. The molecular formula is C16H30N4. The van der Waals surface area contributed by atoms with Gasteiger partial charge in [-0.2, -0.15) is 0 Å². The lowest BCUT2D eigenvalue weighted by Crippen LogP contribution is -2.36. The number of nitrogens with one attached hydrogen (secondary N) is 1. The Morgan fingerprint density at radius 2 is 1.90 bits per heavy atom. The van der Waals surface area contributed by atoms with Crippen LogP contribution in [0.2, 0.25) is 0 Å². The second-order valence-corrected chi connectivity index (χ2v) is 6.33. The van der Waals surface area contributed by atoms with Gasteiger partial charge in [-0.05, 0) is 32.6 Å². The van der Waals surface area contributed by atoms with E-state index in [9.17, 15) is 0 Å². The van der Waals surface area contributed by atoms with E-state index in [1.807, 2.05) is 6.92 Å². The molecular weight excluding hydrogens is 248 g/mol. The summed E-state index contributed by atoms with van der Waals surface area (Å²) in [6, 6.07) is 0.542. The first-order valence-corrected chi connectivity index (χ1v) is 8.25. The molecule has 0 saturated heterocycles. The molecule has 0 aliphatic heterocycles. The summed E-state index contributed by atoms with van der Waals surface area (Å²) >= 11 is 0. The number of hydrogen-bond acceptors (Lipinski definition) is 3. The molecule has 1 aromatic rings. The monoisotopic (exact) mass is 278 g/mol. The third-order valence-electron chi connectivity index (χ3n) is 5.09. The molecule has 1 fully saturated rings. The summed E-state index contributed by atoms with van der Waals surface area (Å²) in [5.41, 5.74) is 0. The molecule has 0 bridgehead atoms. The molecule has 0 aromatic carbocycles.